The van der Waals surface area contributed by atoms with Crippen molar-refractivity contribution in [1.29, 1.82) is 0 Å². The number of nitrogens with zero attached hydrogens (tertiary/aromatic N) is 2. The van der Waals surface area contributed by atoms with Crippen molar-refractivity contribution >= 4 is 11.9 Å². The summed E-state index contributed by atoms with van der Waals surface area (Å²) in [7, 11) is 1.61. The summed E-state index contributed by atoms with van der Waals surface area (Å²) in [6.45, 7) is 3.32. The average molecular weight is 403 g/mol. The summed E-state index contributed by atoms with van der Waals surface area (Å²) >= 11 is 0. The standard InChI is InChI=1S/C20H26FN5O3/c1-22-20(28)24-16-12-26(13-16)10-4-2-3-9-23-19(27)17-11-18(29-25-17)14-5-7-15(21)8-6-14/h5-8,11,16H,2-4,9-10,12-13H2,1H3,(H,23,27)(H2,22,24,28). The van der Waals surface area contributed by atoms with Crippen molar-refractivity contribution in [3.05, 3.63) is 41.8 Å². The number of urea groups is 1. The van der Waals surface area contributed by atoms with Gasteiger partial charge in [-0.05, 0) is 43.7 Å². The molecule has 1 aliphatic rings. The summed E-state index contributed by atoms with van der Waals surface area (Å²) in [6, 6.07) is 7.46. The van der Waals surface area contributed by atoms with E-state index < -0.39 is 0 Å². The van der Waals surface area contributed by atoms with E-state index in [1.165, 1.54) is 12.1 Å². The predicted molar refractivity (Wildman–Crippen MR) is 106 cm³/mol. The largest absolute Gasteiger partial charge is 0.355 e. The highest BCUT2D eigenvalue weighted by molar-refractivity contribution is 5.93. The molecule has 156 valence electrons. The molecular formula is C20H26FN5O3. The highest BCUT2D eigenvalue weighted by Gasteiger charge is 2.26. The molecule has 2 heterocycles. The summed E-state index contributed by atoms with van der Waals surface area (Å²) in [4.78, 5) is 25.6. The SMILES string of the molecule is CNC(=O)NC1CN(CCCCCNC(=O)c2cc(-c3ccc(F)cc3)on2)C1. The van der Waals surface area contributed by atoms with Gasteiger partial charge in [0.05, 0.1) is 6.04 Å². The molecule has 0 atom stereocenters. The first-order valence-corrected chi connectivity index (χ1v) is 9.76. The molecule has 3 amide bonds. The van der Waals surface area contributed by atoms with Gasteiger partial charge in [-0.2, -0.15) is 0 Å². The van der Waals surface area contributed by atoms with E-state index in [0.717, 1.165) is 38.9 Å². The van der Waals surface area contributed by atoms with Gasteiger partial charge in [0.1, 0.15) is 5.82 Å². The van der Waals surface area contributed by atoms with Crippen molar-refractivity contribution < 1.29 is 18.5 Å². The number of likely N-dealkylation sites (tertiary alicyclic amines) is 1. The molecule has 0 saturated carbocycles. The zero-order valence-electron chi connectivity index (χ0n) is 16.4. The molecule has 2 aromatic rings. The molecule has 0 bridgehead atoms. The molecule has 1 saturated heterocycles. The number of hydrogen-bond donors (Lipinski definition) is 3. The fraction of sp³-hybridized carbons (Fsp3) is 0.450. The molecule has 1 fully saturated rings. The van der Waals surface area contributed by atoms with Crippen molar-refractivity contribution in [1.82, 2.24) is 26.0 Å². The second-order valence-corrected chi connectivity index (χ2v) is 7.08. The van der Waals surface area contributed by atoms with Crippen LogP contribution in [0.2, 0.25) is 0 Å². The van der Waals surface area contributed by atoms with Crippen molar-refractivity contribution in [2.75, 3.05) is 33.2 Å². The first-order valence-electron chi connectivity index (χ1n) is 9.76. The maximum absolute atomic E-state index is 13.0. The molecule has 0 aliphatic carbocycles. The van der Waals surface area contributed by atoms with Gasteiger partial charge in [-0.1, -0.05) is 11.6 Å². The van der Waals surface area contributed by atoms with Crippen LogP contribution in [0.15, 0.2) is 34.9 Å². The van der Waals surface area contributed by atoms with Crippen LogP contribution >= 0.6 is 0 Å². The van der Waals surface area contributed by atoms with E-state index in [9.17, 15) is 14.0 Å². The third kappa shape index (κ3) is 6.02. The Kier molecular flexibility index (Phi) is 7.18. The van der Waals surface area contributed by atoms with E-state index in [2.05, 4.69) is 26.0 Å². The lowest BCUT2D eigenvalue weighted by Gasteiger charge is -2.39. The van der Waals surface area contributed by atoms with Crippen molar-refractivity contribution in [3.8, 4) is 11.3 Å². The molecule has 29 heavy (non-hydrogen) atoms. The monoisotopic (exact) mass is 403 g/mol. The Morgan fingerprint density at radius 1 is 1.21 bits per heavy atom. The number of hydrogen-bond acceptors (Lipinski definition) is 5. The minimum Gasteiger partial charge on any atom is -0.355 e. The van der Waals surface area contributed by atoms with Crippen LogP contribution in [0.3, 0.4) is 0 Å². The Balaban J connectivity index is 1.27. The third-order valence-corrected chi connectivity index (χ3v) is 4.83. The van der Waals surface area contributed by atoms with Crippen molar-refractivity contribution in [2.24, 2.45) is 0 Å². The van der Waals surface area contributed by atoms with E-state index in [4.69, 9.17) is 4.52 Å². The minimum absolute atomic E-state index is 0.137. The number of benzene rings is 1. The van der Waals surface area contributed by atoms with Crippen LogP contribution in [0.5, 0.6) is 0 Å². The number of unbranched alkanes of at least 4 members (excludes halogenated alkanes) is 2. The van der Waals surface area contributed by atoms with Crippen molar-refractivity contribution in [2.45, 2.75) is 25.3 Å². The quantitative estimate of drug-likeness (QED) is 0.556. The Labute approximate surface area is 168 Å². The van der Waals surface area contributed by atoms with Crippen molar-refractivity contribution in [3.63, 3.8) is 0 Å². The number of halogens is 1. The number of aromatic nitrogens is 1. The molecule has 0 unspecified atom stereocenters. The summed E-state index contributed by atoms with van der Waals surface area (Å²) in [5, 5.41) is 12.0. The van der Waals surface area contributed by atoms with E-state index in [-0.39, 0.29) is 29.5 Å². The van der Waals surface area contributed by atoms with Gasteiger partial charge in [-0.3, -0.25) is 9.69 Å². The lowest BCUT2D eigenvalue weighted by molar-refractivity contribution is 0.0943. The van der Waals surface area contributed by atoms with Gasteiger partial charge in [-0.15, -0.1) is 0 Å². The maximum atomic E-state index is 13.0. The minimum atomic E-state index is -0.333. The van der Waals surface area contributed by atoms with Gasteiger partial charge in [0, 0.05) is 38.3 Å². The molecule has 1 aliphatic heterocycles. The Morgan fingerprint density at radius 3 is 2.69 bits per heavy atom. The van der Waals surface area contributed by atoms with Gasteiger partial charge >= 0.3 is 6.03 Å². The van der Waals surface area contributed by atoms with E-state index in [0.29, 0.717) is 17.9 Å². The topological polar surface area (TPSA) is 99.5 Å². The highest BCUT2D eigenvalue weighted by atomic mass is 19.1. The predicted octanol–water partition coefficient (Wildman–Crippen LogP) is 1.99. The average Bonchev–Trinajstić information content (AvgIpc) is 3.18. The second-order valence-electron chi connectivity index (χ2n) is 7.08. The van der Waals surface area contributed by atoms with E-state index in [1.54, 1.807) is 25.2 Å². The van der Waals surface area contributed by atoms with E-state index >= 15 is 0 Å². The Morgan fingerprint density at radius 2 is 1.97 bits per heavy atom. The first kappa shape index (κ1) is 20.8. The fourth-order valence-corrected chi connectivity index (χ4v) is 3.16. The first-order chi connectivity index (χ1) is 14.0. The lowest BCUT2D eigenvalue weighted by atomic mass is 10.1. The Bertz CT molecular complexity index is 818. The molecule has 9 heteroatoms. The van der Waals surface area contributed by atoms with Crippen LogP contribution in [0.1, 0.15) is 29.8 Å². The number of rotatable bonds is 9. The molecule has 0 radical (unpaired) electrons. The Hall–Kier alpha value is -2.94. The maximum Gasteiger partial charge on any atom is 0.314 e. The third-order valence-electron chi connectivity index (χ3n) is 4.83. The van der Waals surface area contributed by atoms with Crippen LogP contribution in [0, 0.1) is 5.82 Å². The lowest BCUT2D eigenvalue weighted by Crippen LogP contribution is -2.60. The summed E-state index contributed by atoms with van der Waals surface area (Å²) in [5.41, 5.74) is 0.872. The fourth-order valence-electron chi connectivity index (χ4n) is 3.16. The highest BCUT2D eigenvalue weighted by Crippen LogP contribution is 2.20. The normalized spacial score (nSPS) is 14.3. The van der Waals surface area contributed by atoms with Crippen LogP contribution in [0.25, 0.3) is 11.3 Å². The second kappa shape index (κ2) is 10.0. The van der Waals surface area contributed by atoms with Crippen LogP contribution in [-0.2, 0) is 0 Å². The molecule has 1 aromatic carbocycles. The van der Waals surface area contributed by atoms with Crippen LogP contribution in [0.4, 0.5) is 9.18 Å². The number of carbonyl (C=O) groups is 2. The molecule has 3 rings (SSSR count). The zero-order chi connectivity index (χ0) is 20.6. The molecule has 3 N–H and O–H groups in total. The molecule has 1 aromatic heterocycles. The van der Waals surface area contributed by atoms with Gasteiger partial charge in [-0.25, -0.2) is 9.18 Å². The number of carbonyl (C=O) groups excluding carboxylic acids is 2. The summed E-state index contributed by atoms with van der Waals surface area (Å²) in [6.07, 6.45) is 2.92. The molecule has 8 nitrogen and oxygen atoms in total. The number of nitrogens with one attached hydrogen (secondary N) is 3. The molecule has 0 spiro atoms. The smallest absolute Gasteiger partial charge is 0.314 e. The van der Waals surface area contributed by atoms with Gasteiger partial charge < -0.3 is 20.5 Å². The van der Waals surface area contributed by atoms with Gasteiger partial charge in [0.25, 0.3) is 5.91 Å². The zero-order valence-corrected chi connectivity index (χ0v) is 16.4. The molecular weight excluding hydrogens is 377 g/mol. The summed E-state index contributed by atoms with van der Waals surface area (Å²) < 4.78 is 18.1. The van der Waals surface area contributed by atoms with Crippen LogP contribution in [-0.4, -0.2) is 61.3 Å². The number of amides is 3. The summed E-state index contributed by atoms with van der Waals surface area (Å²) in [5.74, 6) is -0.192. The van der Waals surface area contributed by atoms with Gasteiger partial charge in [0.2, 0.25) is 0 Å². The van der Waals surface area contributed by atoms with Gasteiger partial charge in [0.15, 0.2) is 11.5 Å². The van der Waals surface area contributed by atoms with E-state index in [1.807, 2.05) is 0 Å². The van der Waals surface area contributed by atoms with Crippen LogP contribution < -0.4 is 16.0 Å².